The second-order valence-electron chi connectivity index (χ2n) is 6.09. The van der Waals surface area contributed by atoms with Crippen LogP contribution in [0.15, 0.2) is 41.4 Å². The minimum atomic E-state index is -0.619. The molecule has 1 atom stereocenters. The summed E-state index contributed by atoms with van der Waals surface area (Å²) in [4.78, 5) is 6.06. The van der Waals surface area contributed by atoms with Crippen LogP contribution in [-0.4, -0.2) is 29.5 Å². The van der Waals surface area contributed by atoms with Crippen molar-refractivity contribution < 1.29 is 4.74 Å². The van der Waals surface area contributed by atoms with Crippen molar-refractivity contribution in [3.05, 3.63) is 41.4 Å². The number of anilines is 1. The molecule has 0 saturated heterocycles. The van der Waals surface area contributed by atoms with E-state index in [4.69, 9.17) is 4.74 Å². The normalized spacial score (nSPS) is 13.4. The van der Waals surface area contributed by atoms with Gasteiger partial charge in [0.2, 0.25) is 0 Å². The molecule has 1 heterocycles. The van der Waals surface area contributed by atoms with E-state index in [1.54, 1.807) is 19.5 Å². The summed E-state index contributed by atoms with van der Waals surface area (Å²) in [5.74, 6) is 0. The van der Waals surface area contributed by atoms with Crippen LogP contribution in [0.25, 0.3) is 0 Å². The average molecular weight is 331 g/mol. The second-order valence-corrected chi connectivity index (χ2v) is 7.58. The van der Waals surface area contributed by atoms with E-state index in [0.717, 1.165) is 10.7 Å². The summed E-state index contributed by atoms with van der Waals surface area (Å²) in [5.41, 5.74) is 3.88. The van der Waals surface area contributed by atoms with Gasteiger partial charge in [-0.15, -0.1) is 0 Å². The highest BCUT2D eigenvalue weighted by Gasteiger charge is 2.35. The molecule has 1 aromatic heterocycles. The van der Waals surface area contributed by atoms with Gasteiger partial charge in [0.1, 0.15) is 9.78 Å². The summed E-state index contributed by atoms with van der Waals surface area (Å²) in [6, 6.07) is 6.30. The van der Waals surface area contributed by atoms with Crippen LogP contribution in [0.1, 0.15) is 34.1 Å². The summed E-state index contributed by atoms with van der Waals surface area (Å²) < 4.78 is 4.88. The third-order valence-corrected chi connectivity index (χ3v) is 4.77. The maximum Gasteiger partial charge on any atom is 0.120 e. The molecule has 0 spiro atoms. The zero-order valence-electron chi connectivity index (χ0n) is 14.8. The third-order valence-electron chi connectivity index (χ3n) is 3.50. The van der Waals surface area contributed by atoms with Crippen LogP contribution in [0.3, 0.4) is 0 Å². The lowest BCUT2D eigenvalue weighted by Crippen LogP contribution is -2.34. The molecule has 0 aliphatic heterocycles. The fourth-order valence-corrected chi connectivity index (χ4v) is 3.51. The maximum absolute atomic E-state index is 9.71. The van der Waals surface area contributed by atoms with Gasteiger partial charge in [-0.05, 0) is 45.9 Å². The van der Waals surface area contributed by atoms with E-state index in [1.165, 1.54) is 11.8 Å². The Labute approximate surface area is 143 Å². The highest BCUT2D eigenvalue weighted by Crippen LogP contribution is 2.40. The molecule has 0 aliphatic carbocycles. The average Bonchev–Trinajstić information content (AvgIpc) is 2.54. The number of ether oxygens (including phenoxy) is 1. The fraction of sp³-hybridized carbons (Fsp3) is 0.500. The van der Waals surface area contributed by atoms with Crippen molar-refractivity contribution in [3.63, 3.8) is 0 Å². The van der Waals surface area contributed by atoms with Crippen molar-refractivity contribution in [3.8, 4) is 6.07 Å². The van der Waals surface area contributed by atoms with Crippen molar-refractivity contribution in [1.82, 2.24) is 4.98 Å². The van der Waals surface area contributed by atoms with E-state index in [-0.39, 0.29) is 5.60 Å². The topological polar surface area (TPSA) is 49.1 Å². The molecule has 1 aromatic rings. The number of allylic oxidation sites excluding steroid dienone is 1. The first-order chi connectivity index (χ1) is 10.8. The Kier molecular flexibility index (Phi) is 6.90. The van der Waals surface area contributed by atoms with E-state index >= 15 is 0 Å². The molecule has 0 bridgehead atoms. The predicted molar refractivity (Wildman–Crippen MR) is 97.2 cm³/mol. The minimum Gasteiger partial charge on any atom is -0.379 e. The van der Waals surface area contributed by atoms with Crippen LogP contribution in [-0.2, 0) is 4.74 Å². The monoisotopic (exact) mass is 331 g/mol. The zero-order chi connectivity index (χ0) is 17.5. The van der Waals surface area contributed by atoms with Gasteiger partial charge in [0.15, 0.2) is 0 Å². The number of hydrogen-bond acceptors (Lipinski definition) is 5. The lowest BCUT2D eigenvalue weighted by atomic mass is 9.95. The van der Waals surface area contributed by atoms with Crippen molar-refractivity contribution in [2.45, 2.75) is 44.5 Å². The Morgan fingerprint density at radius 2 is 2.00 bits per heavy atom. The van der Waals surface area contributed by atoms with Crippen LogP contribution >= 0.6 is 11.8 Å². The Morgan fingerprint density at radius 3 is 2.48 bits per heavy atom. The molecule has 23 heavy (non-hydrogen) atoms. The number of nitriles is 1. The molecular weight excluding hydrogens is 306 g/mol. The Hall–Kier alpha value is -1.73. The number of hydrogen-bond donors (Lipinski definition) is 0. The first-order valence-electron chi connectivity index (χ1n) is 7.47. The molecule has 0 fully saturated rings. The number of rotatable bonds is 7. The molecule has 5 heteroatoms. The van der Waals surface area contributed by atoms with E-state index in [1.807, 2.05) is 57.9 Å². The van der Waals surface area contributed by atoms with Gasteiger partial charge < -0.3 is 9.64 Å². The number of thioether (sulfide) groups is 1. The molecule has 4 nitrogen and oxygen atoms in total. The molecule has 0 N–H and O–H groups in total. The molecule has 0 amide bonds. The Bertz CT molecular complexity index is 615. The number of methoxy groups -OCH3 is 1. The number of pyridine rings is 1. The molecule has 0 radical (unpaired) electrons. The quantitative estimate of drug-likeness (QED) is 0.695. The summed E-state index contributed by atoms with van der Waals surface area (Å²) >= 11 is 1.50. The highest BCUT2D eigenvalue weighted by molar-refractivity contribution is 8.04. The van der Waals surface area contributed by atoms with E-state index in [2.05, 4.69) is 16.8 Å². The van der Waals surface area contributed by atoms with Gasteiger partial charge in [0.25, 0.3) is 0 Å². The standard InChI is InChI=1S/C18H25N3OS/c1-7-8-16(21(5)15-9-11-20-12-10-15)23-18(4,14-19)13-17(2,3)22-6/h7,9-12H,13H2,1-6H3. The molecule has 0 aliphatic rings. The molecule has 1 rings (SSSR count). The second kappa shape index (κ2) is 8.21. The molecule has 0 aromatic carbocycles. The van der Waals surface area contributed by atoms with Gasteiger partial charge in [-0.1, -0.05) is 17.5 Å². The predicted octanol–water partition coefficient (Wildman–Crippen LogP) is 4.36. The molecule has 124 valence electrons. The van der Waals surface area contributed by atoms with E-state index in [0.29, 0.717) is 6.42 Å². The third kappa shape index (κ3) is 5.76. The largest absolute Gasteiger partial charge is 0.379 e. The molecule has 0 saturated carbocycles. The van der Waals surface area contributed by atoms with Gasteiger partial charge >= 0.3 is 0 Å². The minimum absolute atomic E-state index is 0.367. The van der Waals surface area contributed by atoms with E-state index < -0.39 is 4.75 Å². The van der Waals surface area contributed by atoms with E-state index in [9.17, 15) is 5.26 Å². The van der Waals surface area contributed by atoms with Crippen LogP contribution in [0.2, 0.25) is 0 Å². The van der Waals surface area contributed by atoms with Crippen molar-refractivity contribution in [1.29, 1.82) is 5.26 Å². The highest BCUT2D eigenvalue weighted by atomic mass is 32.2. The van der Waals surface area contributed by atoms with Crippen LogP contribution in [0, 0.1) is 11.3 Å². The SMILES string of the molecule is CC=C=C(SC(C)(C#N)CC(C)(C)OC)N(C)c1ccncc1. The first-order valence-corrected chi connectivity index (χ1v) is 8.29. The van der Waals surface area contributed by atoms with Crippen LogP contribution in [0.4, 0.5) is 5.69 Å². The fourth-order valence-electron chi connectivity index (χ4n) is 2.20. The summed E-state index contributed by atoms with van der Waals surface area (Å²) in [5, 5.41) is 10.6. The van der Waals surface area contributed by atoms with Crippen molar-refractivity contribution in [2.75, 3.05) is 19.1 Å². The summed E-state index contributed by atoms with van der Waals surface area (Å²) in [6.45, 7) is 7.85. The lowest BCUT2D eigenvalue weighted by Gasteiger charge is -2.33. The molecule has 1 unspecified atom stereocenters. The Balaban J connectivity index is 3.08. The van der Waals surface area contributed by atoms with Gasteiger partial charge in [0, 0.05) is 38.7 Å². The van der Waals surface area contributed by atoms with Crippen molar-refractivity contribution in [2.24, 2.45) is 0 Å². The zero-order valence-corrected chi connectivity index (χ0v) is 15.6. The number of nitrogens with zero attached hydrogens (tertiary/aromatic N) is 3. The van der Waals surface area contributed by atoms with Crippen LogP contribution in [0.5, 0.6) is 0 Å². The Morgan fingerprint density at radius 1 is 1.39 bits per heavy atom. The summed E-state index contributed by atoms with van der Waals surface area (Å²) in [6.07, 6.45) is 5.97. The smallest absolute Gasteiger partial charge is 0.120 e. The number of aromatic nitrogens is 1. The van der Waals surface area contributed by atoms with Gasteiger partial charge in [-0.25, -0.2) is 0 Å². The van der Waals surface area contributed by atoms with Crippen LogP contribution < -0.4 is 4.90 Å². The molecular formula is C18H25N3OS. The van der Waals surface area contributed by atoms with Gasteiger partial charge in [-0.3, -0.25) is 4.98 Å². The first kappa shape index (κ1) is 19.3. The summed E-state index contributed by atoms with van der Waals surface area (Å²) in [7, 11) is 3.64. The van der Waals surface area contributed by atoms with Gasteiger partial charge in [0.05, 0.1) is 11.7 Å². The van der Waals surface area contributed by atoms with Crippen molar-refractivity contribution >= 4 is 17.4 Å². The lowest BCUT2D eigenvalue weighted by molar-refractivity contribution is 0.0121. The maximum atomic E-state index is 9.71. The van der Waals surface area contributed by atoms with Gasteiger partial charge in [-0.2, -0.15) is 5.26 Å².